The van der Waals surface area contributed by atoms with Gasteiger partial charge in [-0.3, -0.25) is 9.48 Å². The van der Waals surface area contributed by atoms with Crippen molar-refractivity contribution >= 4 is 18.3 Å². The van der Waals surface area contributed by atoms with E-state index in [1.807, 2.05) is 21.7 Å². The van der Waals surface area contributed by atoms with Gasteiger partial charge < -0.3 is 15.4 Å². The van der Waals surface area contributed by atoms with Crippen molar-refractivity contribution in [2.75, 3.05) is 19.7 Å². The number of hydrogen-bond acceptors (Lipinski definition) is 4. The van der Waals surface area contributed by atoms with E-state index in [1.165, 1.54) is 5.56 Å². The smallest absolute Gasteiger partial charge is 0.274 e. The number of piperidine rings is 1. The Labute approximate surface area is 172 Å². The van der Waals surface area contributed by atoms with Gasteiger partial charge in [0.1, 0.15) is 0 Å². The summed E-state index contributed by atoms with van der Waals surface area (Å²) in [6.45, 7) is 3.26. The van der Waals surface area contributed by atoms with Crippen LogP contribution in [0.1, 0.15) is 41.0 Å². The normalized spacial score (nSPS) is 20.2. The molecule has 0 spiro atoms. The molecule has 3 heterocycles. The van der Waals surface area contributed by atoms with Crippen LogP contribution in [0.5, 0.6) is 0 Å². The van der Waals surface area contributed by atoms with Crippen LogP contribution in [0, 0.1) is 5.92 Å². The molecule has 2 aliphatic heterocycles. The first-order valence-corrected chi connectivity index (χ1v) is 9.95. The number of carbonyl (C=O) groups is 1. The third kappa shape index (κ3) is 4.40. The Morgan fingerprint density at radius 2 is 2.07 bits per heavy atom. The van der Waals surface area contributed by atoms with Gasteiger partial charge >= 0.3 is 0 Å². The topological polar surface area (TPSA) is 73.4 Å². The molecule has 0 bridgehead atoms. The Bertz CT molecular complexity index is 756. The molecule has 1 fully saturated rings. The van der Waals surface area contributed by atoms with Gasteiger partial charge in [-0.25, -0.2) is 0 Å². The van der Waals surface area contributed by atoms with Crippen molar-refractivity contribution in [1.82, 2.24) is 14.7 Å². The van der Waals surface area contributed by atoms with Crippen molar-refractivity contribution in [3.63, 3.8) is 0 Å². The summed E-state index contributed by atoms with van der Waals surface area (Å²) in [5.41, 5.74) is 8.96. The highest BCUT2D eigenvalue weighted by atomic mass is 35.5. The summed E-state index contributed by atoms with van der Waals surface area (Å²) in [7, 11) is 0. The summed E-state index contributed by atoms with van der Waals surface area (Å²) in [4.78, 5) is 15.3. The molecule has 2 atom stereocenters. The Balaban J connectivity index is 0.00000225. The number of likely N-dealkylation sites (tertiary alicyclic amines) is 1. The zero-order valence-corrected chi connectivity index (χ0v) is 16.9. The number of ether oxygens (including phenoxy) is 1. The number of halogens is 1. The molecule has 2 N–H and O–H groups in total. The minimum Gasteiger partial charge on any atom is -0.373 e. The van der Waals surface area contributed by atoms with Crippen LogP contribution in [0.3, 0.4) is 0 Å². The minimum absolute atomic E-state index is 0. The Kier molecular flexibility index (Phi) is 7.10. The van der Waals surface area contributed by atoms with Crippen molar-refractivity contribution in [3.8, 4) is 0 Å². The molecule has 0 aliphatic carbocycles. The van der Waals surface area contributed by atoms with Crippen LogP contribution in [0.2, 0.25) is 0 Å². The number of benzene rings is 1. The van der Waals surface area contributed by atoms with Crippen LogP contribution >= 0.6 is 12.4 Å². The maximum atomic E-state index is 13.3. The number of rotatable bonds is 5. The fourth-order valence-electron chi connectivity index (χ4n) is 4.34. The number of amides is 1. The van der Waals surface area contributed by atoms with Crippen LogP contribution < -0.4 is 5.73 Å². The summed E-state index contributed by atoms with van der Waals surface area (Å²) < 4.78 is 7.38. The highest BCUT2D eigenvalue weighted by Gasteiger charge is 2.34. The molecule has 28 heavy (non-hydrogen) atoms. The van der Waals surface area contributed by atoms with E-state index in [2.05, 4.69) is 29.4 Å². The number of nitrogens with two attached hydrogens (primary N) is 1. The molecule has 2 aliphatic rings. The van der Waals surface area contributed by atoms with E-state index >= 15 is 0 Å². The molecule has 1 aromatic carbocycles. The van der Waals surface area contributed by atoms with E-state index in [0.29, 0.717) is 32.0 Å². The van der Waals surface area contributed by atoms with Gasteiger partial charge in [-0.1, -0.05) is 30.3 Å². The van der Waals surface area contributed by atoms with Crippen molar-refractivity contribution in [3.05, 3.63) is 53.3 Å². The van der Waals surface area contributed by atoms with Gasteiger partial charge in [-0.15, -0.1) is 12.4 Å². The maximum Gasteiger partial charge on any atom is 0.274 e. The molecule has 0 radical (unpaired) electrons. The van der Waals surface area contributed by atoms with Crippen molar-refractivity contribution < 1.29 is 9.53 Å². The van der Waals surface area contributed by atoms with Gasteiger partial charge in [0.05, 0.1) is 25.5 Å². The molecule has 0 saturated carbocycles. The minimum atomic E-state index is 0. The zero-order chi connectivity index (χ0) is 18.6. The summed E-state index contributed by atoms with van der Waals surface area (Å²) in [5, 5.41) is 4.54. The van der Waals surface area contributed by atoms with Gasteiger partial charge in [0.2, 0.25) is 0 Å². The fourth-order valence-corrected chi connectivity index (χ4v) is 4.34. The van der Waals surface area contributed by atoms with Crippen LogP contribution in [-0.2, 0) is 24.3 Å². The predicted octanol–water partition coefficient (Wildman–Crippen LogP) is 2.65. The Morgan fingerprint density at radius 3 is 2.82 bits per heavy atom. The SMILES string of the molecule is Cl.NCC(Cc1ccccc1)C1CCCCN1C(=O)c1cc2n(n1)CCOC2. The highest BCUT2D eigenvalue weighted by Crippen LogP contribution is 2.27. The molecule has 152 valence electrons. The first-order chi connectivity index (χ1) is 13.3. The fraction of sp³-hybridized carbons (Fsp3) is 0.524. The predicted molar refractivity (Wildman–Crippen MR) is 110 cm³/mol. The second-order valence-corrected chi connectivity index (χ2v) is 7.54. The quantitative estimate of drug-likeness (QED) is 0.831. The van der Waals surface area contributed by atoms with E-state index in [1.54, 1.807) is 0 Å². The summed E-state index contributed by atoms with van der Waals surface area (Å²) in [6, 6.07) is 12.5. The van der Waals surface area contributed by atoms with Gasteiger partial charge in [0.15, 0.2) is 5.69 Å². The van der Waals surface area contributed by atoms with Gasteiger partial charge in [0.25, 0.3) is 5.91 Å². The van der Waals surface area contributed by atoms with Crippen molar-refractivity contribution in [2.24, 2.45) is 11.7 Å². The molecule has 1 amide bonds. The van der Waals surface area contributed by atoms with Crippen molar-refractivity contribution in [1.29, 1.82) is 0 Å². The third-order valence-corrected chi connectivity index (χ3v) is 5.78. The molecular weight excluding hydrogens is 376 g/mol. The number of fused-ring (bicyclic) bond motifs is 1. The average Bonchev–Trinajstić information content (AvgIpc) is 3.16. The standard InChI is InChI=1S/C21H28N4O2.ClH/c22-14-17(12-16-6-2-1-3-7-16)20-8-4-5-9-24(20)21(26)19-13-18-15-27-11-10-25(18)23-19;/h1-3,6-7,13,17,20H,4-5,8-12,14-15,22H2;1H. The third-order valence-electron chi connectivity index (χ3n) is 5.78. The number of nitrogens with zero attached hydrogens (tertiary/aromatic N) is 3. The monoisotopic (exact) mass is 404 g/mol. The largest absolute Gasteiger partial charge is 0.373 e. The van der Waals surface area contributed by atoms with E-state index in [-0.39, 0.29) is 30.3 Å². The van der Waals surface area contributed by atoms with Gasteiger partial charge in [-0.2, -0.15) is 5.10 Å². The van der Waals surface area contributed by atoms with Crippen LogP contribution in [-0.4, -0.2) is 46.3 Å². The summed E-state index contributed by atoms with van der Waals surface area (Å²) in [6.07, 6.45) is 4.10. The first kappa shape index (κ1) is 20.8. The van der Waals surface area contributed by atoms with E-state index in [0.717, 1.165) is 37.9 Å². The van der Waals surface area contributed by atoms with Gasteiger partial charge in [-0.05, 0) is 49.8 Å². The first-order valence-electron chi connectivity index (χ1n) is 9.95. The molecular formula is C21H29ClN4O2. The highest BCUT2D eigenvalue weighted by molar-refractivity contribution is 5.92. The maximum absolute atomic E-state index is 13.3. The molecule has 6 nitrogen and oxygen atoms in total. The summed E-state index contributed by atoms with van der Waals surface area (Å²) >= 11 is 0. The lowest BCUT2D eigenvalue weighted by atomic mass is 9.85. The molecule has 1 saturated heterocycles. The number of hydrogen-bond donors (Lipinski definition) is 1. The van der Waals surface area contributed by atoms with Crippen molar-refractivity contribution in [2.45, 2.75) is 44.9 Å². The number of carbonyl (C=O) groups excluding carboxylic acids is 1. The van der Waals surface area contributed by atoms with Crippen LogP contribution in [0.15, 0.2) is 36.4 Å². The van der Waals surface area contributed by atoms with E-state index in [9.17, 15) is 4.79 Å². The lowest BCUT2D eigenvalue weighted by Crippen LogP contribution is -2.50. The number of aromatic nitrogens is 2. The van der Waals surface area contributed by atoms with Gasteiger partial charge in [0, 0.05) is 12.6 Å². The molecule has 4 rings (SSSR count). The van der Waals surface area contributed by atoms with Crippen LogP contribution in [0.25, 0.3) is 0 Å². The second-order valence-electron chi connectivity index (χ2n) is 7.54. The van der Waals surface area contributed by atoms with E-state index in [4.69, 9.17) is 10.5 Å². The molecule has 7 heteroatoms. The molecule has 2 aromatic rings. The van der Waals surface area contributed by atoms with Crippen LogP contribution in [0.4, 0.5) is 0 Å². The molecule has 1 aromatic heterocycles. The molecule has 2 unspecified atom stereocenters. The average molecular weight is 405 g/mol. The zero-order valence-electron chi connectivity index (χ0n) is 16.1. The Hall–Kier alpha value is -1.89. The lowest BCUT2D eigenvalue weighted by molar-refractivity contribution is 0.0511. The van der Waals surface area contributed by atoms with E-state index < -0.39 is 0 Å². The second kappa shape index (κ2) is 9.54. The Morgan fingerprint density at radius 1 is 1.25 bits per heavy atom. The summed E-state index contributed by atoms with van der Waals surface area (Å²) in [5.74, 6) is 0.297. The lowest BCUT2D eigenvalue weighted by Gasteiger charge is -2.40.